The Bertz CT molecular complexity index is 962. The molecule has 1 aromatic heterocycles. The molecule has 128 valence electrons. The molecule has 0 fully saturated rings. The van der Waals surface area contributed by atoms with Crippen LogP contribution in [-0.4, -0.2) is 18.0 Å². The molecule has 0 atom stereocenters. The zero-order chi connectivity index (χ0) is 18.4. The third kappa shape index (κ3) is 4.16. The summed E-state index contributed by atoms with van der Waals surface area (Å²) in [7, 11) is 1.61. The van der Waals surface area contributed by atoms with Gasteiger partial charge in [0.2, 0.25) is 0 Å². The highest BCUT2D eigenvalue weighted by Gasteiger charge is 2.08. The predicted octanol–water partition coefficient (Wildman–Crippen LogP) is 3.96. The molecule has 0 bridgehead atoms. The summed E-state index contributed by atoms with van der Waals surface area (Å²) in [4.78, 5) is 16.5. The molecule has 0 spiro atoms. The number of methoxy groups -OCH3 is 1. The topological polar surface area (TPSA) is 87.0 Å². The zero-order valence-electron chi connectivity index (χ0n) is 14.1. The summed E-state index contributed by atoms with van der Waals surface area (Å²) in [5.41, 5.74) is 2.99. The highest BCUT2D eigenvalue weighted by Crippen LogP contribution is 2.20. The number of rotatable bonds is 5. The minimum Gasteiger partial charge on any atom is -0.497 e. The molecular weight excluding hydrogens is 328 g/mol. The highest BCUT2D eigenvalue weighted by molar-refractivity contribution is 6.04. The van der Waals surface area contributed by atoms with Crippen molar-refractivity contribution in [2.75, 3.05) is 17.7 Å². The van der Waals surface area contributed by atoms with E-state index in [0.29, 0.717) is 22.5 Å². The Labute approximate surface area is 151 Å². The largest absolute Gasteiger partial charge is 0.497 e. The van der Waals surface area contributed by atoms with Gasteiger partial charge < -0.3 is 15.4 Å². The van der Waals surface area contributed by atoms with Gasteiger partial charge in [0.15, 0.2) is 0 Å². The Morgan fingerprint density at radius 2 is 1.85 bits per heavy atom. The smallest absolute Gasteiger partial charge is 0.257 e. The quantitative estimate of drug-likeness (QED) is 0.731. The van der Waals surface area contributed by atoms with Gasteiger partial charge in [0, 0.05) is 17.6 Å². The minimum atomic E-state index is -0.300. The Morgan fingerprint density at radius 1 is 1.04 bits per heavy atom. The van der Waals surface area contributed by atoms with Crippen molar-refractivity contribution in [1.29, 1.82) is 5.26 Å². The highest BCUT2D eigenvalue weighted by atomic mass is 16.5. The van der Waals surface area contributed by atoms with Crippen LogP contribution in [0.3, 0.4) is 0 Å². The van der Waals surface area contributed by atoms with Gasteiger partial charge in [0.1, 0.15) is 5.75 Å². The fraction of sp³-hybridized carbons (Fsp3) is 0.0500. The molecule has 6 heteroatoms. The Kier molecular flexibility index (Phi) is 5.11. The summed E-state index contributed by atoms with van der Waals surface area (Å²) < 4.78 is 5.13. The number of anilines is 3. The fourth-order valence-electron chi connectivity index (χ4n) is 2.34. The summed E-state index contributed by atoms with van der Waals surface area (Å²) in [6, 6.07) is 17.9. The average molecular weight is 344 g/mol. The lowest BCUT2D eigenvalue weighted by Crippen LogP contribution is -2.12. The second kappa shape index (κ2) is 7.81. The number of hydrogen-bond acceptors (Lipinski definition) is 5. The zero-order valence-corrected chi connectivity index (χ0v) is 14.1. The predicted molar refractivity (Wildman–Crippen MR) is 99.6 cm³/mol. The summed E-state index contributed by atoms with van der Waals surface area (Å²) in [5, 5.41) is 14.9. The van der Waals surface area contributed by atoms with E-state index < -0.39 is 0 Å². The molecule has 0 saturated carbocycles. The van der Waals surface area contributed by atoms with E-state index in [9.17, 15) is 4.79 Å². The van der Waals surface area contributed by atoms with Gasteiger partial charge in [0.25, 0.3) is 5.91 Å². The van der Waals surface area contributed by atoms with E-state index in [2.05, 4.69) is 15.6 Å². The molecule has 0 saturated heterocycles. The lowest BCUT2D eigenvalue weighted by Gasteiger charge is -2.09. The molecule has 2 N–H and O–H groups in total. The van der Waals surface area contributed by atoms with Gasteiger partial charge in [-0.15, -0.1) is 0 Å². The first kappa shape index (κ1) is 17.0. The number of nitriles is 1. The van der Waals surface area contributed by atoms with Crippen LogP contribution in [0.4, 0.5) is 17.1 Å². The van der Waals surface area contributed by atoms with Crippen molar-refractivity contribution < 1.29 is 9.53 Å². The maximum Gasteiger partial charge on any atom is 0.257 e. The van der Waals surface area contributed by atoms with Crippen LogP contribution in [0.5, 0.6) is 5.75 Å². The number of carbonyl (C=O) groups is 1. The molecule has 6 nitrogen and oxygen atoms in total. The molecule has 26 heavy (non-hydrogen) atoms. The van der Waals surface area contributed by atoms with Crippen molar-refractivity contribution in [2.24, 2.45) is 0 Å². The molecule has 0 unspecified atom stereocenters. The van der Waals surface area contributed by atoms with E-state index in [4.69, 9.17) is 10.00 Å². The first-order chi connectivity index (χ1) is 12.7. The fourth-order valence-corrected chi connectivity index (χ4v) is 2.34. The van der Waals surface area contributed by atoms with Crippen molar-refractivity contribution in [2.45, 2.75) is 0 Å². The lowest BCUT2D eigenvalue weighted by atomic mass is 10.2. The van der Waals surface area contributed by atoms with Gasteiger partial charge in [0.05, 0.1) is 36.2 Å². The second-order valence-corrected chi connectivity index (χ2v) is 5.46. The lowest BCUT2D eigenvalue weighted by molar-refractivity contribution is 0.102. The number of hydrogen-bond donors (Lipinski definition) is 2. The maximum atomic E-state index is 12.4. The van der Waals surface area contributed by atoms with Crippen LogP contribution in [0, 0.1) is 11.3 Å². The number of benzene rings is 2. The molecule has 1 heterocycles. The van der Waals surface area contributed by atoms with Crippen LogP contribution in [-0.2, 0) is 0 Å². The summed E-state index contributed by atoms with van der Waals surface area (Å²) in [6.45, 7) is 0. The number of nitrogens with one attached hydrogen (secondary N) is 2. The number of ether oxygens (including phenoxy) is 1. The second-order valence-electron chi connectivity index (χ2n) is 5.46. The Hall–Kier alpha value is -3.85. The molecule has 0 radical (unpaired) electrons. The monoisotopic (exact) mass is 344 g/mol. The number of amides is 1. The Morgan fingerprint density at radius 3 is 2.58 bits per heavy atom. The third-order valence-electron chi connectivity index (χ3n) is 3.63. The maximum absolute atomic E-state index is 12.4. The van der Waals surface area contributed by atoms with Gasteiger partial charge in [-0.3, -0.25) is 9.78 Å². The summed E-state index contributed by atoms with van der Waals surface area (Å²) in [5.74, 6) is 0.465. The SMILES string of the molecule is COc1ccc(Nc2cncc(C(=O)Nc3cccc(C#N)c3)c2)cc1. The van der Waals surface area contributed by atoms with E-state index in [1.165, 1.54) is 6.20 Å². The van der Waals surface area contributed by atoms with Gasteiger partial charge in [-0.25, -0.2) is 0 Å². The van der Waals surface area contributed by atoms with Crippen LogP contribution in [0.15, 0.2) is 67.0 Å². The third-order valence-corrected chi connectivity index (χ3v) is 3.63. The van der Waals surface area contributed by atoms with Crippen molar-refractivity contribution in [3.8, 4) is 11.8 Å². The standard InChI is InChI=1S/C20H16N4O2/c1-26-19-7-5-16(6-8-19)23-18-10-15(12-22-13-18)20(25)24-17-4-2-3-14(9-17)11-21/h2-10,12-13,23H,1H3,(H,24,25). The molecule has 3 rings (SSSR count). The van der Waals surface area contributed by atoms with Crippen LogP contribution in [0.1, 0.15) is 15.9 Å². The normalized spacial score (nSPS) is 9.85. The molecule has 0 aliphatic rings. The van der Waals surface area contributed by atoms with Gasteiger partial charge in [-0.1, -0.05) is 6.07 Å². The van der Waals surface area contributed by atoms with Gasteiger partial charge in [-0.05, 0) is 48.5 Å². The number of carbonyl (C=O) groups excluding carboxylic acids is 1. The molecule has 2 aromatic carbocycles. The van der Waals surface area contributed by atoms with E-state index in [1.807, 2.05) is 30.3 Å². The first-order valence-electron chi connectivity index (χ1n) is 7.85. The van der Waals surface area contributed by atoms with Gasteiger partial charge >= 0.3 is 0 Å². The van der Waals surface area contributed by atoms with Gasteiger partial charge in [-0.2, -0.15) is 5.26 Å². The average Bonchev–Trinajstić information content (AvgIpc) is 2.69. The molecule has 1 amide bonds. The van der Waals surface area contributed by atoms with E-state index in [1.54, 1.807) is 43.6 Å². The van der Waals surface area contributed by atoms with Crippen LogP contribution in [0.2, 0.25) is 0 Å². The van der Waals surface area contributed by atoms with E-state index in [0.717, 1.165) is 11.4 Å². The van der Waals surface area contributed by atoms with Crippen molar-refractivity contribution in [1.82, 2.24) is 4.98 Å². The Balaban J connectivity index is 1.73. The van der Waals surface area contributed by atoms with Crippen LogP contribution in [0.25, 0.3) is 0 Å². The van der Waals surface area contributed by atoms with E-state index >= 15 is 0 Å². The molecule has 0 aliphatic carbocycles. The van der Waals surface area contributed by atoms with Crippen molar-refractivity contribution in [3.05, 3.63) is 78.1 Å². The molecule has 0 aliphatic heterocycles. The number of aromatic nitrogens is 1. The van der Waals surface area contributed by atoms with Crippen LogP contribution < -0.4 is 15.4 Å². The summed E-state index contributed by atoms with van der Waals surface area (Å²) >= 11 is 0. The summed E-state index contributed by atoms with van der Waals surface area (Å²) in [6.07, 6.45) is 3.12. The van der Waals surface area contributed by atoms with Crippen molar-refractivity contribution >= 4 is 23.0 Å². The minimum absolute atomic E-state index is 0.300. The molecule has 3 aromatic rings. The van der Waals surface area contributed by atoms with Crippen molar-refractivity contribution in [3.63, 3.8) is 0 Å². The van der Waals surface area contributed by atoms with Crippen LogP contribution >= 0.6 is 0 Å². The first-order valence-corrected chi connectivity index (χ1v) is 7.85. The number of nitrogens with zero attached hydrogens (tertiary/aromatic N) is 2. The molecular formula is C20H16N4O2. The van der Waals surface area contributed by atoms with E-state index in [-0.39, 0.29) is 5.91 Å². The number of pyridine rings is 1.